The van der Waals surface area contributed by atoms with Crippen LogP contribution in [0.25, 0.3) is 0 Å². The minimum atomic E-state index is -0.342. The zero-order valence-electron chi connectivity index (χ0n) is 15.4. The van der Waals surface area contributed by atoms with Gasteiger partial charge in [0.2, 0.25) is 0 Å². The van der Waals surface area contributed by atoms with E-state index < -0.39 is 0 Å². The van der Waals surface area contributed by atoms with E-state index in [1.165, 1.54) is 0 Å². The number of nitrogens with one attached hydrogen (secondary N) is 1. The van der Waals surface area contributed by atoms with Crippen LogP contribution in [0.2, 0.25) is 0 Å². The van der Waals surface area contributed by atoms with Gasteiger partial charge in [0.1, 0.15) is 17.1 Å². The van der Waals surface area contributed by atoms with Crippen molar-refractivity contribution in [2.75, 3.05) is 19.0 Å². The largest absolute Gasteiger partial charge is 0.496 e. The molecule has 1 aliphatic rings. The molecule has 0 amide bonds. The van der Waals surface area contributed by atoms with Crippen LogP contribution >= 0.6 is 0 Å². The van der Waals surface area contributed by atoms with Gasteiger partial charge in [0, 0.05) is 5.56 Å². The van der Waals surface area contributed by atoms with E-state index in [9.17, 15) is 4.79 Å². The third-order valence-electron chi connectivity index (χ3n) is 4.64. The fourth-order valence-corrected chi connectivity index (χ4v) is 3.49. The van der Waals surface area contributed by atoms with Gasteiger partial charge in [-0.1, -0.05) is 18.2 Å². The van der Waals surface area contributed by atoms with Crippen LogP contribution in [-0.2, 0) is 10.3 Å². The lowest BCUT2D eigenvalue weighted by Crippen LogP contribution is -2.38. The molecule has 1 aromatic heterocycles. The molecule has 1 unspecified atom stereocenters. The van der Waals surface area contributed by atoms with Crippen molar-refractivity contribution in [2.45, 2.75) is 45.7 Å². The highest BCUT2D eigenvalue weighted by molar-refractivity contribution is 5.96. The zero-order valence-corrected chi connectivity index (χ0v) is 15.4. The van der Waals surface area contributed by atoms with E-state index in [1.54, 1.807) is 14.0 Å². The fourth-order valence-electron chi connectivity index (χ4n) is 3.49. The van der Waals surface area contributed by atoms with Crippen LogP contribution in [0.3, 0.4) is 0 Å². The predicted molar refractivity (Wildman–Crippen MR) is 96.2 cm³/mol. The molecule has 1 N–H and O–H groups in total. The van der Waals surface area contributed by atoms with Crippen molar-refractivity contribution < 1.29 is 14.3 Å². The Morgan fingerprint density at radius 1 is 1.40 bits per heavy atom. The summed E-state index contributed by atoms with van der Waals surface area (Å²) in [6, 6.07) is 7.97. The molecule has 1 atom stereocenters. The van der Waals surface area contributed by atoms with Crippen LogP contribution < -0.4 is 10.1 Å². The predicted octanol–water partition coefficient (Wildman–Crippen LogP) is 3.67. The molecule has 0 spiro atoms. The zero-order chi connectivity index (χ0) is 18.2. The smallest absolute Gasteiger partial charge is 0.343 e. The van der Waals surface area contributed by atoms with Gasteiger partial charge in [-0.2, -0.15) is 5.10 Å². The number of nitrogens with zero attached hydrogens (tertiary/aromatic N) is 2. The van der Waals surface area contributed by atoms with Gasteiger partial charge in [-0.3, -0.25) is 0 Å². The van der Waals surface area contributed by atoms with Gasteiger partial charge in [-0.15, -0.1) is 0 Å². The Kier molecular flexibility index (Phi) is 4.45. The molecule has 2 heterocycles. The van der Waals surface area contributed by atoms with Gasteiger partial charge in [-0.25, -0.2) is 9.48 Å². The monoisotopic (exact) mass is 343 g/mol. The summed E-state index contributed by atoms with van der Waals surface area (Å²) in [5.41, 5.74) is 2.00. The summed E-state index contributed by atoms with van der Waals surface area (Å²) in [6.45, 7) is 8.23. The fraction of sp³-hybridized carbons (Fsp3) is 0.474. The summed E-state index contributed by atoms with van der Waals surface area (Å²) < 4.78 is 12.7. The average molecular weight is 343 g/mol. The van der Waals surface area contributed by atoms with Crippen LogP contribution in [0.1, 0.15) is 54.8 Å². The number of benzene rings is 1. The number of rotatable bonds is 4. The number of ether oxygens (including phenoxy) is 2. The van der Waals surface area contributed by atoms with Crippen LogP contribution in [-0.4, -0.2) is 29.5 Å². The van der Waals surface area contributed by atoms with Crippen molar-refractivity contribution >= 4 is 11.8 Å². The van der Waals surface area contributed by atoms with Crippen LogP contribution in [0.5, 0.6) is 5.75 Å². The number of hydrogen-bond donors (Lipinski definition) is 1. The summed E-state index contributed by atoms with van der Waals surface area (Å²) in [5, 5.41) is 8.09. The number of carbonyl (C=O) groups excluding carboxylic acids is 1. The van der Waals surface area contributed by atoms with Crippen LogP contribution in [0, 0.1) is 6.92 Å². The first-order chi connectivity index (χ1) is 11.9. The molecule has 134 valence electrons. The summed E-state index contributed by atoms with van der Waals surface area (Å²) in [7, 11) is 1.67. The van der Waals surface area contributed by atoms with Crippen molar-refractivity contribution in [3.63, 3.8) is 0 Å². The number of esters is 1. The number of anilines is 1. The van der Waals surface area contributed by atoms with E-state index in [-0.39, 0.29) is 17.6 Å². The van der Waals surface area contributed by atoms with Gasteiger partial charge >= 0.3 is 5.97 Å². The molecule has 3 rings (SSSR count). The van der Waals surface area contributed by atoms with E-state index in [0.29, 0.717) is 23.7 Å². The minimum Gasteiger partial charge on any atom is -0.496 e. The first-order valence-corrected chi connectivity index (χ1v) is 8.55. The Morgan fingerprint density at radius 3 is 2.80 bits per heavy atom. The molecular formula is C19H25N3O3. The second-order valence-corrected chi connectivity index (χ2v) is 6.90. The lowest BCUT2D eigenvalue weighted by Gasteiger charge is -2.38. The van der Waals surface area contributed by atoms with Gasteiger partial charge in [0.05, 0.1) is 31.0 Å². The summed E-state index contributed by atoms with van der Waals surface area (Å²) in [6.07, 6.45) is 0.823. The highest BCUT2D eigenvalue weighted by Crippen LogP contribution is 2.43. The van der Waals surface area contributed by atoms with Gasteiger partial charge in [-0.05, 0) is 40.2 Å². The maximum absolute atomic E-state index is 12.4. The van der Waals surface area contributed by atoms with E-state index in [2.05, 4.69) is 30.3 Å². The second kappa shape index (κ2) is 6.43. The highest BCUT2D eigenvalue weighted by Gasteiger charge is 2.39. The lowest BCUT2D eigenvalue weighted by molar-refractivity contribution is 0.0526. The number of aromatic nitrogens is 2. The lowest BCUT2D eigenvalue weighted by atomic mass is 9.88. The van der Waals surface area contributed by atoms with E-state index in [4.69, 9.17) is 9.47 Å². The molecule has 0 saturated heterocycles. The first kappa shape index (κ1) is 17.3. The molecule has 0 bridgehead atoms. The van der Waals surface area contributed by atoms with E-state index >= 15 is 0 Å². The summed E-state index contributed by atoms with van der Waals surface area (Å²) >= 11 is 0. The first-order valence-electron chi connectivity index (χ1n) is 8.55. The SMILES string of the molecule is CCOC(=O)c1c(C)nn2c1NC(c1ccccc1OC)CC2(C)C. The maximum Gasteiger partial charge on any atom is 0.343 e. The van der Waals surface area contributed by atoms with Crippen LogP contribution in [0.4, 0.5) is 5.82 Å². The number of aryl methyl sites for hydroxylation is 1. The van der Waals surface area contributed by atoms with Crippen molar-refractivity contribution in [2.24, 2.45) is 0 Å². The Labute approximate surface area is 148 Å². The van der Waals surface area contributed by atoms with E-state index in [0.717, 1.165) is 17.7 Å². The number of fused-ring (bicyclic) bond motifs is 1. The molecule has 1 aliphatic heterocycles. The van der Waals surface area contributed by atoms with Gasteiger partial charge in [0.15, 0.2) is 0 Å². The molecule has 0 radical (unpaired) electrons. The Hall–Kier alpha value is -2.50. The molecule has 25 heavy (non-hydrogen) atoms. The molecule has 2 aromatic rings. The minimum absolute atomic E-state index is 0.0166. The molecule has 6 nitrogen and oxygen atoms in total. The summed E-state index contributed by atoms with van der Waals surface area (Å²) in [4.78, 5) is 12.4. The van der Waals surface area contributed by atoms with Crippen molar-refractivity contribution in [1.82, 2.24) is 9.78 Å². The third kappa shape index (κ3) is 2.97. The van der Waals surface area contributed by atoms with Crippen LogP contribution in [0.15, 0.2) is 24.3 Å². The molecule has 1 aromatic carbocycles. The Morgan fingerprint density at radius 2 is 2.12 bits per heavy atom. The van der Waals surface area contributed by atoms with Crippen molar-refractivity contribution in [3.05, 3.63) is 41.1 Å². The Bertz CT molecular complexity index is 795. The average Bonchev–Trinajstić information content (AvgIpc) is 2.91. The maximum atomic E-state index is 12.4. The van der Waals surface area contributed by atoms with Crippen molar-refractivity contribution in [3.8, 4) is 5.75 Å². The normalized spacial score (nSPS) is 18.2. The molecule has 6 heteroatoms. The quantitative estimate of drug-likeness (QED) is 0.858. The highest BCUT2D eigenvalue weighted by atomic mass is 16.5. The topological polar surface area (TPSA) is 65.4 Å². The molecule has 0 aliphatic carbocycles. The van der Waals surface area contributed by atoms with Crippen molar-refractivity contribution in [1.29, 1.82) is 0 Å². The number of para-hydroxylation sites is 1. The number of methoxy groups -OCH3 is 1. The molecule has 0 fully saturated rings. The summed E-state index contributed by atoms with van der Waals surface area (Å²) in [5.74, 6) is 1.20. The van der Waals surface area contributed by atoms with Gasteiger partial charge in [0.25, 0.3) is 0 Å². The molecular weight excluding hydrogens is 318 g/mol. The second-order valence-electron chi connectivity index (χ2n) is 6.90. The standard InChI is InChI=1S/C19H25N3O3/c1-6-25-18(23)16-12(2)21-22-17(16)20-14(11-19(22,3)4)13-9-7-8-10-15(13)24-5/h7-10,14,20H,6,11H2,1-5H3. The van der Waals surface area contributed by atoms with E-state index in [1.807, 2.05) is 29.8 Å². The third-order valence-corrected chi connectivity index (χ3v) is 4.64. The molecule has 0 saturated carbocycles. The Balaban J connectivity index is 2.08. The van der Waals surface area contributed by atoms with Gasteiger partial charge < -0.3 is 14.8 Å². The number of hydrogen-bond acceptors (Lipinski definition) is 5. The number of carbonyl (C=O) groups is 1.